The molecule has 3 heterocycles. The van der Waals surface area contributed by atoms with Crippen molar-refractivity contribution in [1.29, 1.82) is 0 Å². The summed E-state index contributed by atoms with van der Waals surface area (Å²) in [5.74, 6) is 3.16. The number of fused-ring (bicyclic) bond motifs is 2. The Morgan fingerprint density at radius 1 is 1.06 bits per heavy atom. The quantitative estimate of drug-likeness (QED) is 0.645. The third-order valence-corrected chi connectivity index (χ3v) is 7.52. The van der Waals surface area contributed by atoms with Crippen LogP contribution >= 0.6 is 0 Å². The summed E-state index contributed by atoms with van der Waals surface area (Å²) in [6, 6.07) is 10.7. The topological polar surface area (TPSA) is 86.3 Å². The van der Waals surface area contributed by atoms with Crippen LogP contribution in [0.1, 0.15) is 12.0 Å². The van der Waals surface area contributed by atoms with Gasteiger partial charge in [-0.3, -0.25) is 4.90 Å². The van der Waals surface area contributed by atoms with Crippen LogP contribution in [-0.2, 0) is 16.4 Å². The maximum absolute atomic E-state index is 12.7. The van der Waals surface area contributed by atoms with E-state index in [1.54, 1.807) is 18.2 Å². The van der Waals surface area contributed by atoms with Crippen LogP contribution in [0.3, 0.4) is 0 Å². The van der Waals surface area contributed by atoms with Crippen molar-refractivity contribution in [2.75, 3.05) is 52.6 Å². The van der Waals surface area contributed by atoms with E-state index in [4.69, 9.17) is 18.9 Å². The van der Waals surface area contributed by atoms with Crippen molar-refractivity contribution in [3.63, 3.8) is 0 Å². The van der Waals surface area contributed by atoms with E-state index in [-0.39, 0.29) is 5.92 Å². The van der Waals surface area contributed by atoms with Crippen LogP contribution in [0.2, 0.25) is 0 Å². The highest BCUT2D eigenvalue weighted by molar-refractivity contribution is 7.89. The summed E-state index contributed by atoms with van der Waals surface area (Å²) >= 11 is 0. The second-order valence-electron chi connectivity index (χ2n) is 8.30. The molecule has 0 spiro atoms. The SMILES string of the molecule is O=S(=O)(NCC1CCN(CCOc2cccc3c2OCCO3)C1)c1ccc2c(c1)CCO2. The molecule has 0 bridgehead atoms. The van der Waals surface area contributed by atoms with Crippen molar-refractivity contribution in [1.82, 2.24) is 9.62 Å². The summed E-state index contributed by atoms with van der Waals surface area (Å²) in [6.07, 6.45) is 1.71. The molecule has 3 aliphatic heterocycles. The van der Waals surface area contributed by atoms with Gasteiger partial charge >= 0.3 is 0 Å². The van der Waals surface area contributed by atoms with E-state index in [9.17, 15) is 8.42 Å². The molecule has 172 valence electrons. The average Bonchev–Trinajstić information content (AvgIpc) is 3.47. The molecule has 1 unspecified atom stereocenters. The van der Waals surface area contributed by atoms with E-state index in [0.717, 1.165) is 49.5 Å². The first-order valence-electron chi connectivity index (χ1n) is 11.1. The van der Waals surface area contributed by atoms with Crippen LogP contribution in [0.25, 0.3) is 0 Å². The van der Waals surface area contributed by atoms with Crippen LogP contribution in [0.5, 0.6) is 23.0 Å². The van der Waals surface area contributed by atoms with Gasteiger partial charge < -0.3 is 18.9 Å². The molecule has 0 amide bonds. The second-order valence-corrected chi connectivity index (χ2v) is 10.1. The van der Waals surface area contributed by atoms with Crippen molar-refractivity contribution in [2.24, 2.45) is 5.92 Å². The van der Waals surface area contributed by atoms with Gasteiger partial charge in [0.15, 0.2) is 11.5 Å². The van der Waals surface area contributed by atoms with Gasteiger partial charge in [0.25, 0.3) is 0 Å². The molecule has 3 aliphatic rings. The van der Waals surface area contributed by atoms with Gasteiger partial charge in [0.2, 0.25) is 15.8 Å². The van der Waals surface area contributed by atoms with Gasteiger partial charge in [-0.2, -0.15) is 0 Å². The van der Waals surface area contributed by atoms with Crippen LogP contribution < -0.4 is 23.7 Å². The van der Waals surface area contributed by atoms with Crippen LogP contribution in [0.4, 0.5) is 0 Å². The number of sulfonamides is 1. The zero-order chi connectivity index (χ0) is 22.0. The van der Waals surface area contributed by atoms with Crippen molar-refractivity contribution in [2.45, 2.75) is 17.7 Å². The molecule has 9 heteroatoms. The summed E-state index contributed by atoms with van der Waals surface area (Å²) in [6.45, 7) is 5.21. The minimum atomic E-state index is -3.52. The maximum atomic E-state index is 12.7. The second kappa shape index (κ2) is 9.17. The molecule has 0 radical (unpaired) electrons. The standard InChI is InChI=1S/C23H28N2O6S/c26-32(27,19-4-5-20-18(14-19)7-10-28-20)24-15-17-6-8-25(16-17)9-11-29-21-2-1-3-22-23(21)31-13-12-30-22/h1-5,14,17,24H,6-13,15-16H2. The molecule has 0 saturated carbocycles. The molecule has 1 saturated heterocycles. The van der Waals surface area contributed by atoms with E-state index in [1.165, 1.54) is 0 Å². The fourth-order valence-electron chi connectivity index (χ4n) is 4.37. The molecule has 5 rings (SSSR count). The van der Waals surface area contributed by atoms with Crippen molar-refractivity contribution in [3.05, 3.63) is 42.0 Å². The predicted molar refractivity (Wildman–Crippen MR) is 118 cm³/mol. The van der Waals surface area contributed by atoms with Crippen molar-refractivity contribution < 1.29 is 27.4 Å². The summed E-state index contributed by atoms with van der Waals surface area (Å²) in [5, 5.41) is 0. The van der Waals surface area contributed by atoms with Gasteiger partial charge in [0.1, 0.15) is 25.6 Å². The van der Waals surface area contributed by atoms with Crippen LogP contribution in [0, 0.1) is 5.92 Å². The molecular formula is C23H28N2O6S. The Labute approximate surface area is 188 Å². The number of hydrogen-bond acceptors (Lipinski definition) is 7. The number of nitrogens with zero attached hydrogens (tertiary/aromatic N) is 1. The lowest BCUT2D eigenvalue weighted by Crippen LogP contribution is -2.32. The monoisotopic (exact) mass is 460 g/mol. The number of nitrogens with one attached hydrogen (secondary N) is 1. The highest BCUT2D eigenvalue weighted by Gasteiger charge is 2.25. The summed E-state index contributed by atoms with van der Waals surface area (Å²) in [4.78, 5) is 2.61. The molecule has 2 aromatic carbocycles. The lowest BCUT2D eigenvalue weighted by atomic mass is 10.1. The Morgan fingerprint density at radius 2 is 1.94 bits per heavy atom. The number of rotatable bonds is 8. The zero-order valence-corrected chi connectivity index (χ0v) is 18.7. The molecular weight excluding hydrogens is 432 g/mol. The van der Waals surface area contributed by atoms with E-state index >= 15 is 0 Å². The van der Waals surface area contributed by atoms with E-state index in [1.807, 2.05) is 18.2 Å². The first-order valence-corrected chi connectivity index (χ1v) is 12.6. The maximum Gasteiger partial charge on any atom is 0.240 e. The molecule has 1 atom stereocenters. The summed E-state index contributed by atoms with van der Waals surface area (Å²) < 4.78 is 50.9. The Balaban J connectivity index is 1.08. The fraction of sp³-hybridized carbons (Fsp3) is 0.478. The first kappa shape index (κ1) is 21.4. The third kappa shape index (κ3) is 4.65. The number of ether oxygens (including phenoxy) is 4. The number of benzene rings is 2. The van der Waals surface area contributed by atoms with Crippen molar-refractivity contribution in [3.8, 4) is 23.0 Å². The van der Waals surface area contributed by atoms with Gasteiger partial charge in [0, 0.05) is 26.1 Å². The minimum absolute atomic E-state index is 0.281. The highest BCUT2D eigenvalue weighted by Crippen LogP contribution is 2.39. The normalized spacial score (nSPS) is 20.1. The molecule has 8 nitrogen and oxygen atoms in total. The third-order valence-electron chi connectivity index (χ3n) is 6.10. The minimum Gasteiger partial charge on any atom is -0.493 e. The lowest BCUT2D eigenvalue weighted by molar-refractivity contribution is 0.158. The van der Waals surface area contributed by atoms with E-state index in [2.05, 4.69) is 9.62 Å². The summed E-state index contributed by atoms with van der Waals surface area (Å²) in [7, 11) is -3.52. The largest absolute Gasteiger partial charge is 0.493 e. The zero-order valence-electron chi connectivity index (χ0n) is 17.9. The van der Waals surface area contributed by atoms with Crippen LogP contribution in [0.15, 0.2) is 41.3 Å². The van der Waals surface area contributed by atoms with Crippen LogP contribution in [-0.4, -0.2) is 65.9 Å². The Hall–Kier alpha value is -2.49. The first-order chi connectivity index (χ1) is 15.6. The van der Waals surface area contributed by atoms with E-state index < -0.39 is 10.0 Å². The van der Waals surface area contributed by atoms with Gasteiger partial charge in [-0.05, 0) is 54.8 Å². The number of likely N-dealkylation sites (tertiary alicyclic amines) is 1. The van der Waals surface area contributed by atoms with Gasteiger partial charge in [-0.15, -0.1) is 0 Å². The van der Waals surface area contributed by atoms with Crippen molar-refractivity contribution >= 4 is 10.0 Å². The molecule has 2 aromatic rings. The lowest BCUT2D eigenvalue weighted by Gasteiger charge is -2.22. The Kier molecular flexibility index (Phi) is 6.12. The predicted octanol–water partition coefficient (Wildman–Crippen LogP) is 2.07. The smallest absolute Gasteiger partial charge is 0.240 e. The Morgan fingerprint density at radius 3 is 2.88 bits per heavy atom. The van der Waals surface area contributed by atoms with E-state index in [0.29, 0.717) is 49.4 Å². The average molecular weight is 461 g/mol. The number of hydrogen-bond donors (Lipinski definition) is 1. The molecule has 1 fully saturated rings. The molecule has 32 heavy (non-hydrogen) atoms. The van der Waals surface area contributed by atoms with Gasteiger partial charge in [-0.1, -0.05) is 6.07 Å². The Bertz CT molecular complexity index is 1070. The van der Waals surface area contributed by atoms with Gasteiger partial charge in [0.05, 0.1) is 11.5 Å². The molecule has 0 aliphatic carbocycles. The molecule has 1 N–H and O–H groups in total. The highest BCUT2D eigenvalue weighted by atomic mass is 32.2. The fourth-order valence-corrected chi connectivity index (χ4v) is 5.54. The number of para-hydroxylation sites is 1. The van der Waals surface area contributed by atoms with Gasteiger partial charge in [-0.25, -0.2) is 13.1 Å². The summed E-state index contributed by atoms with van der Waals surface area (Å²) in [5.41, 5.74) is 0.955. The molecule has 0 aromatic heterocycles.